The van der Waals surface area contributed by atoms with E-state index in [2.05, 4.69) is 9.55 Å². The fourth-order valence-electron chi connectivity index (χ4n) is 3.91. The second-order valence-electron chi connectivity index (χ2n) is 7.22. The zero-order valence-corrected chi connectivity index (χ0v) is 18.9. The highest BCUT2D eigenvalue weighted by Gasteiger charge is 2.28. The summed E-state index contributed by atoms with van der Waals surface area (Å²) in [4.78, 5) is 23.0. The summed E-state index contributed by atoms with van der Waals surface area (Å²) in [6.45, 7) is 4.88. The zero-order valence-electron chi connectivity index (χ0n) is 16.7. The first-order chi connectivity index (χ1) is 14.4. The van der Waals surface area contributed by atoms with Crippen LogP contribution in [0.3, 0.4) is 0 Å². The van der Waals surface area contributed by atoms with Crippen molar-refractivity contribution in [2.24, 2.45) is 0 Å². The number of benzene rings is 1. The molecule has 0 saturated carbocycles. The Labute approximate surface area is 189 Å². The van der Waals surface area contributed by atoms with Gasteiger partial charge in [-0.05, 0) is 31.4 Å². The number of hydrogen-bond donors (Lipinski definition) is 0. The molecule has 1 atom stereocenters. The molecule has 0 saturated heterocycles. The number of nitrogens with zero attached hydrogens (tertiary/aromatic N) is 4. The molecule has 1 aliphatic heterocycles. The number of carbonyl (C=O) groups is 1. The molecule has 3 heterocycles. The van der Waals surface area contributed by atoms with Crippen molar-refractivity contribution in [2.75, 3.05) is 11.4 Å². The minimum absolute atomic E-state index is 0.320. The normalized spacial score (nSPS) is 15.0. The van der Waals surface area contributed by atoms with Crippen LogP contribution >= 0.6 is 34.8 Å². The number of halogens is 3. The van der Waals surface area contributed by atoms with Crippen molar-refractivity contribution in [2.45, 2.75) is 45.8 Å². The predicted octanol–water partition coefficient (Wildman–Crippen LogP) is 6.34. The molecular weight excluding hydrogens is 447 g/mol. The topological polar surface area (TPSA) is 60.2 Å². The SMILES string of the molecule is CCC(OC(C)=O)c1ccc(Cl)c2nc3n(c12)CCCCN3c1ncc(Cl)cc1Cl. The predicted molar refractivity (Wildman–Crippen MR) is 120 cm³/mol. The van der Waals surface area contributed by atoms with Gasteiger partial charge < -0.3 is 9.30 Å². The largest absolute Gasteiger partial charge is 0.458 e. The van der Waals surface area contributed by atoms with Crippen LogP contribution in [0.1, 0.15) is 44.8 Å². The van der Waals surface area contributed by atoms with Gasteiger partial charge in [-0.25, -0.2) is 9.97 Å². The average molecular weight is 468 g/mol. The van der Waals surface area contributed by atoms with E-state index in [0.29, 0.717) is 45.3 Å². The Kier molecular flexibility index (Phi) is 6.09. The van der Waals surface area contributed by atoms with Gasteiger partial charge in [-0.1, -0.05) is 47.8 Å². The molecule has 1 aliphatic rings. The number of rotatable bonds is 4. The standard InChI is InChI=1S/C21H21Cl3N4O2/c1-3-17(30-12(2)29)14-6-7-15(23)18-19(14)27-8-4-5-9-28(21(27)26-18)20-16(24)10-13(22)11-25-20/h6-7,10-11,17H,3-5,8-9H2,1-2H3. The summed E-state index contributed by atoms with van der Waals surface area (Å²) in [6.07, 6.45) is 3.74. The third-order valence-electron chi connectivity index (χ3n) is 5.18. The first-order valence-electron chi connectivity index (χ1n) is 9.85. The third kappa shape index (κ3) is 3.84. The van der Waals surface area contributed by atoms with Crippen LogP contribution in [0, 0.1) is 0 Å². The Hall–Kier alpha value is -2.02. The van der Waals surface area contributed by atoms with Crippen molar-refractivity contribution in [3.05, 3.63) is 45.0 Å². The summed E-state index contributed by atoms with van der Waals surface area (Å²) >= 11 is 19.0. The molecule has 3 aromatic rings. The Morgan fingerprint density at radius 3 is 2.67 bits per heavy atom. The molecule has 0 fully saturated rings. The second kappa shape index (κ2) is 8.61. The van der Waals surface area contributed by atoms with Gasteiger partial charge in [0.2, 0.25) is 5.95 Å². The second-order valence-corrected chi connectivity index (χ2v) is 8.47. The molecule has 30 heavy (non-hydrogen) atoms. The van der Waals surface area contributed by atoms with Crippen molar-refractivity contribution in [3.8, 4) is 0 Å². The summed E-state index contributed by atoms with van der Waals surface area (Å²) in [6, 6.07) is 5.39. The highest BCUT2D eigenvalue weighted by atomic mass is 35.5. The lowest BCUT2D eigenvalue weighted by Gasteiger charge is -2.22. The van der Waals surface area contributed by atoms with Gasteiger partial charge >= 0.3 is 5.97 Å². The number of hydrogen-bond acceptors (Lipinski definition) is 5. The number of aromatic nitrogens is 3. The summed E-state index contributed by atoms with van der Waals surface area (Å²) < 4.78 is 7.71. The van der Waals surface area contributed by atoms with E-state index >= 15 is 0 Å². The Balaban J connectivity index is 1.94. The van der Waals surface area contributed by atoms with Crippen molar-refractivity contribution in [1.82, 2.24) is 14.5 Å². The smallest absolute Gasteiger partial charge is 0.303 e. The van der Waals surface area contributed by atoms with Gasteiger partial charge in [0.05, 0.1) is 20.6 Å². The van der Waals surface area contributed by atoms with Crippen molar-refractivity contribution >= 4 is 63.6 Å². The molecule has 0 radical (unpaired) electrons. The number of fused-ring (bicyclic) bond motifs is 3. The van der Waals surface area contributed by atoms with Gasteiger partial charge in [0.1, 0.15) is 11.6 Å². The zero-order chi connectivity index (χ0) is 21.4. The van der Waals surface area contributed by atoms with E-state index in [0.717, 1.165) is 30.5 Å². The minimum atomic E-state index is -0.378. The van der Waals surface area contributed by atoms with E-state index in [9.17, 15) is 4.79 Å². The summed E-state index contributed by atoms with van der Waals surface area (Å²) in [5.41, 5.74) is 2.44. The molecule has 0 N–H and O–H groups in total. The number of ether oxygens (including phenoxy) is 1. The summed E-state index contributed by atoms with van der Waals surface area (Å²) in [5.74, 6) is 0.995. The number of imidazole rings is 1. The Bertz CT molecular complexity index is 1120. The van der Waals surface area contributed by atoms with Crippen LogP contribution in [0.15, 0.2) is 24.4 Å². The first kappa shape index (κ1) is 21.2. The van der Waals surface area contributed by atoms with Crippen LogP contribution in [-0.2, 0) is 16.1 Å². The maximum Gasteiger partial charge on any atom is 0.303 e. The number of carbonyl (C=O) groups excluding carboxylic acids is 1. The quantitative estimate of drug-likeness (QED) is 0.419. The highest BCUT2D eigenvalue weighted by Crippen LogP contribution is 2.40. The average Bonchev–Trinajstić information content (AvgIpc) is 2.96. The molecule has 9 heteroatoms. The molecule has 1 unspecified atom stereocenters. The van der Waals surface area contributed by atoms with Gasteiger partial charge in [-0.15, -0.1) is 0 Å². The lowest BCUT2D eigenvalue weighted by Crippen LogP contribution is -2.21. The lowest BCUT2D eigenvalue weighted by atomic mass is 10.0. The monoisotopic (exact) mass is 466 g/mol. The highest BCUT2D eigenvalue weighted by molar-refractivity contribution is 6.36. The number of anilines is 2. The van der Waals surface area contributed by atoms with Crippen LogP contribution in [0.5, 0.6) is 0 Å². The van der Waals surface area contributed by atoms with E-state index < -0.39 is 0 Å². The van der Waals surface area contributed by atoms with Gasteiger partial charge in [-0.2, -0.15) is 0 Å². The number of pyridine rings is 1. The molecule has 6 nitrogen and oxygen atoms in total. The first-order valence-corrected chi connectivity index (χ1v) is 11.0. The van der Waals surface area contributed by atoms with E-state index in [1.165, 1.54) is 6.92 Å². The maximum absolute atomic E-state index is 11.7. The van der Waals surface area contributed by atoms with Crippen molar-refractivity contribution < 1.29 is 9.53 Å². The van der Waals surface area contributed by atoms with Gasteiger partial charge in [0, 0.05) is 31.8 Å². The molecular formula is C21H21Cl3N4O2. The molecule has 1 aromatic carbocycles. The minimum Gasteiger partial charge on any atom is -0.458 e. The Morgan fingerprint density at radius 2 is 1.97 bits per heavy atom. The van der Waals surface area contributed by atoms with E-state index in [1.807, 2.05) is 17.9 Å². The summed E-state index contributed by atoms with van der Waals surface area (Å²) in [5, 5.41) is 1.48. The van der Waals surface area contributed by atoms with Crippen LogP contribution in [0.2, 0.25) is 15.1 Å². The summed E-state index contributed by atoms with van der Waals surface area (Å²) in [7, 11) is 0. The van der Waals surface area contributed by atoms with Gasteiger partial charge in [-0.3, -0.25) is 9.69 Å². The van der Waals surface area contributed by atoms with Crippen molar-refractivity contribution in [1.29, 1.82) is 0 Å². The van der Waals surface area contributed by atoms with E-state index in [1.54, 1.807) is 18.3 Å². The fourth-order valence-corrected chi connectivity index (χ4v) is 4.59. The molecule has 0 bridgehead atoms. The third-order valence-corrected chi connectivity index (χ3v) is 5.97. The van der Waals surface area contributed by atoms with E-state index in [-0.39, 0.29) is 12.1 Å². The number of esters is 1. The molecule has 0 aliphatic carbocycles. The van der Waals surface area contributed by atoms with Crippen LogP contribution < -0.4 is 4.90 Å². The molecule has 4 rings (SSSR count). The lowest BCUT2D eigenvalue weighted by molar-refractivity contribution is -0.146. The molecule has 0 spiro atoms. The van der Waals surface area contributed by atoms with Gasteiger partial charge in [0.25, 0.3) is 0 Å². The molecule has 158 valence electrons. The molecule has 0 amide bonds. The molecule has 2 aromatic heterocycles. The maximum atomic E-state index is 11.7. The number of aryl methyl sites for hydroxylation is 1. The van der Waals surface area contributed by atoms with Gasteiger partial charge in [0.15, 0.2) is 5.82 Å². The Morgan fingerprint density at radius 1 is 1.20 bits per heavy atom. The van der Waals surface area contributed by atoms with E-state index in [4.69, 9.17) is 44.5 Å². The fraction of sp³-hybridized carbons (Fsp3) is 0.381. The van der Waals surface area contributed by atoms with Crippen LogP contribution in [-0.4, -0.2) is 27.0 Å². The van der Waals surface area contributed by atoms with Crippen molar-refractivity contribution in [3.63, 3.8) is 0 Å². The van der Waals surface area contributed by atoms with Crippen LogP contribution in [0.25, 0.3) is 11.0 Å². The van der Waals surface area contributed by atoms with Crippen LogP contribution in [0.4, 0.5) is 11.8 Å².